The van der Waals surface area contributed by atoms with Crippen molar-refractivity contribution in [1.29, 1.82) is 0 Å². The quantitative estimate of drug-likeness (QED) is 0.606. The molecule has 3 saturated heterocycles. The molecule has 2 aromatic rings. The predicted molar refractivity (Wildman–Crippen MR) is 150 cm³/mol. The molecule has 3 aliphatic heterocycles. The Kier molecular flexibility index (Phi) is 5.76. The number of nitrogens with one attached hydrogen (secondary N) is 1. The van der Waals surface area contributed by atoms with Crippen molar-refractivity contribution in [3.8, 4) is 0 Å². The summed E-state index contributed by atoms with van der Waals surface area (Å²) in [4.78, 5) is 16.4. The Hall–Kier alpha value is -2.94. The first kappa shape index (κ1) is 24.1. The molecular weight excluding hydrogens is 503 g/mol. The summed E-state index contributed by atoms with van der Waals surface area (Å²) in [6, 6.07) is 3.07. The van der Waals surface area contributed by atoms with E-state index in [2.05, 4.69) is 34.1 Å². The van der Waals surface area contributed by atoms with Crippen molar-refractivity contribution in [2.24, 2.45) is 11.8 Å². The van der Waals surface area contributed by atoms with Gasteiger partial charge < -0.3 is 25.1 Å². The smallest absolute Gasteiger partial charge is 0.228 e. The second-order valence-corrected chi connectivity index (χ2v) is 11.8. The van der Waals surface area contributed by atoms with Crippen molar-refractivity contribution in [3.05, 3.63) is 64.7 Å². The molecule has 4 heterocycles. The van der Waals surface area contributed by atoms with Gasteiger partial charge >= 0.3 is 0 Å². The summed E-state index contributed by atoms with van der Waals surface area (Å²) in [6.45, 7) is 3.26. The Bertz CT molecular complexity index is 1420. The number of aromatic nitrogens is 2. The molecule has 4 atom stereocenters. The van der Waals surface area contributed by atoms with Crippen LogP contribution in [0, 0.1) is 17.7 Å². The fraction of sp³-hybridized carbons (Fsp3) is 0.448. The number of rotatable bonds is 4. The zero-order valence-electron chi connectivity index (χ0n) is 21.6. The van der Waals surface area contributed by atoms with Gasteiger partial charge in [-0.25, -0.2) is 9.37 Å². The zero-order chi connectivity index (χ0) is 26.1. The Morgan fingerprint density at radius 2 is 1.79 bits per heavy atom. The SMILES string of the molecule is CN(C)C1CN(c2nc(N3CC4CCC(C3)N4)c3cc(Cl)c(C4=CC(O)=CC5C=CC=CC45)c(F)c3n2)C1. The first-order chi connectivity index (χ1) is 18.4. The maximum Gasteiger partial charge on any atom is 0.228 e. The first-order valence-corrected chi connectivity index (χ1v) is 13.8. The van der Waals surface area contributed by atoms with Crippen LogP contribution in [0.3, 0.4) is 0 Å². The van der Waals surface area contributed by atoms with Crippen LogP contribution in [-0.2, 0) is 0 Å². The van der Waals surface area contributed by atoms with E-state index in [0.717, 1.165) is 44.8 Å². The normalized spacial score (nSPS) is 28.6. The number of hydrogen-bond donors (Lipinski definition) is 2. The van der Waals surface area contributed by atoms with E-state index >= 15 is 4.39 Å². The van der Waals surface area contributed by atoms with Crippen LogP contribution >= 0.6 is 11.6 Å². The van der Waals surface area contributed by atoms with Gasteiger partial charge in [-0.1, -0.05) is 35.9 Å². The van der Waals surface area contributed by atoms with Crippen LogP contribution in [0.1, 0.15) is 18.4 Å². The lowest BCUT2D eigenvalue weighted by Crippen LogP contribution is -2.58. The van der Waals surface area contributed by atoms with Gasteiger partial charge in [-0.2, -0.15) is 4.98 Å². The molecule has 9 heteroatoms. The number of aliphatic hydroxyl groups is 1. The van der Waals surface area contributed by atoms with Gasteiger partial charge in [-0.3, -0.25) is 0 Å². The molecule has 1 aromatic carbocycles. The van der Waals surface area contributed by atoms with Gasteiger partial charge in [0.25, 0.3) is 0 Å². The number of allylic oxidation sites excluding steroid dienone is 7. The lowest BCUT2D eigenvalue weighted by Gasteiger charge is -2.43. The van der Waals surface area contributed by atoms with E-state index in [0.29, 0.717) is 45.6 Å². The number of piperazine rings is 1. The second-order valence-electron chi connectivity index (χ2n) is 11.4. The minimum Gasteiger partial charge on any atom is -0.508 e. The average molecular weight is 535 g/mol. The molecule has 7 rings (SSSR count). The minimum atomic E-state index is -0.456. The second kappa shape index (κ2) is 9.07. The monoisotopic (exact) mass is 534 g/mol. The third kappa shape index (κ3) is 3.92. The molecule has 4 unspecified atom stereocenters. The Morgan fingerprint density at radius 3 is 2.53 bits per heavy atom. The fourth-order valence-electron chi connectivity index (χ4n) is 6.56. The number of aliphatic hydroxyl groups excluding tert-OH is 1. The molecule has 5 aliphatic rings. The van der Waals surface area contributed by atoms with E-state index in [1.165, 1.54) is 0 Å². The van der Waals surface area contributed by atoms with E-state index in [1.807, 2.05) is 30.4 Å². The van der Waals surface area contributed by atoms with Gasteiger partial charge in [0.1, 0.15) is 17.1 Å². The largest absolute Gasteiger partial charge is 0.508 e. The molecule has 198 valence electrons. The molecule has 38 heavy (non-hydrogen) atoms. The molecule has 3 fully saturated rings. The van der Waals surface area contributed by atoms with Crippen molar-refractivity contribution in [2.75, 3.05) is 50.1 Å². The summed E-state index contributed by atoms with van der Waals surface area (Å²) in [6.07, 6.45) is 13.7. The molecule has 1 aromatic heterocycles. The fourth-order valence-corrected chi connectivity index (χ4v) is 6.87. The summed E-state index contributed by atoms with van der Waals surface area (Å²) in [5.74, 6) is 0.810. The van der Waals surface area contributed by atoms with Crippen LogP contribution in [0.4, 0.5) is 16.2 Å². The van der Waals surface area contributed by atoms with Crippen LogP contribution in [0.5, 0.6) is 0 Å². The molecular formula is C29H32ClFN6O. The molecule has 2 N–H and O–H groups in total. The molecule has 0 saturated carbocycles. The lowest BCUT2D eigenvalue weighted by atomic mass is 9.76. The molecule has 0 radical (unpaired) electrons. The van der Waals surface area contributed by atoms with Gasteiger partial charge in [0.2, 0.25) is 5.95 Å². The van der Waals surface area contributed by atoms with Gasteiger partial charge in [-0.15, -0.1) is 0 Å². The Morgan fingerprint density at radius 1 is 1.05 bits per heavy atom. The summed E-state index contributed by atoms with van der Waals surface area (Å²) < 4.78 is 16.7. The van der Waals surface area contributed by atoms with E-state index < -0.39 is 5.82 Å². The highest BCUT2D eigenvalue weighted by Crippen LogP contribution is 2.45. The van der Waals surface area contributed by atoms with Crippen molar-refractivity contribution >= 4 is 39.8 Å². The number of halogens is 2. The number of anilines is 2. The van der Waals surface area contributed by atoms with Crippen molar-refractivity contribution in [3.63, 3.8) is 0 Å². The van der Waals surface area contributed by atoms with E-state index in [9.17, 15) is 5.11 Å². The third-order valence-electron chi connectivity index (χ3n) is 8.73. The summed E-state index contributed by atoms with van der Waals surface area (Å²) in [5.41, 5.74) is 1.25. The highest BCUT2D eigenvalue weighted by Gasteiger charge is 2.37. The number of likely N-dealkylation sites (N-methyl/N-ethyl adjacent to an activating group) is 1. The topological polar surface area (TPSA) is 67.8 Å². The third-order valence-corrected chi connectivity index (χ3v) is 9.03. The lowest BCUT2D eigenvalue weighted by molar-refractivity contribution is 0.245. The van der Waals surface area contributed by atoms with Crippen molar-refractivity contribution < 1.29 is 9.50 Å². The molecule has 2 aliphatic carbocycles. The first-order valence-electron chi connectivity index (χ1n) is 13.5. The van der Waals surface area contributed by atoms with Crippen LogP contribution in [0.25, 0.3) is 16.5 Å². The van der Waals surface area contributed by atoms with Crippen LogP contribution in [0.15, 0.2) is 48.3 Å². The number of fused-ring (bicyclic) bond motifs is 4. The highest BCUT2D eigenvalue weighted by molar-refractivity contribution is 6.33. The Balaban J connectivity index is 1.38. The summed E-state index contributed by atoms with van der Waals surface area (Å²) in [7, 11) is 4.14. The molecule has 7 nitrogen and oxygen atoms in total. The zero-order valence-corrected chi connectivity index (χ0v) is 22.4. The van der Waals surface area contributed by atoms with Crippen LogP contribution in [0.2, 0.25) is 5.02 Å². The average Bonchev–Trinajstić information content (AvgIpc) is 3.20. The summed E-state index contributed by atoms with van der Waals surface area (Å²) >= 11 is 6.87. The molecule has 0 spiro atoms. The Labute approximate surface area is 227 Å². The molecule has 0 amide bonds. The van der Waals surface area contributed by atoms with Crippen LogP contribution in [-0.4, -0.2) is 78.4 Å². The summed E-state index contributed by atoms with van der Waals surface area (Å²) in [5, 5.41) is 15.1. The highest BCUT2D eigenvalue weighted by atomic mass is 35.5. The van der Waals surface area contributed by atoms with E-state index in [1.54, 1.807) is 12.2 Å². The van der Waals surface area contributed by atoms with Gasteiger partial charge in [-0.05, 0) is 50.7 Å². The van der Waals surface area contributed by atoms with Crippen molar-refractivity contribution in [2.45, 2.75) is 31.0 Å². The predicted octanol–water partition coefficient (Wildman–Crippen LogP) is 4.31. The van der Waals surface area contributed by atoms with Gasteiger partial charge in [0.05, 0.1) is 5.02 Å². The van der Waals surface area contributed by atoms with E-state index in [-0.39, 0.29) is 23.1 Å². The van der Waals surface area contributed by atoms with Crippen molar-refractivity contribution in [1.82, 2.24) is 20.2 Å². The number of benzene rings is 1. The maximum absolute atomic E-state index is 16.7. The van der Waals surface area contributed by atoms with Crippen LogP contribution < -0.4 is 15.1 Å². The van der Waals surface area contributed by atoms with Gasteiger partial charge in [0.15, 0.2) is 5.82 Å². The molecule has 2 bridgehead atoms. The number of nitrogens with zero attached hydrogens (tertiary/aromatic N) is 5. The van der Waals surface area contributed by atoms with E-state index in [4.69, 9.17) is 21.6 Å². The van der Waals surface area contributed by atoms with Gasteiger partial charge in [0, 0.05) is 67.1 Å². The number of hydrogen-bond acceptors (Lipinski definition) is 7. The standard InChI is InChI=1S/C29H32ClFN6O/c1-35(2)19-14-37(15-19)29-33-27-23(28(34-29)36-12-17-7-8-18(13-36)32-17)11-24(30)25(26(27)31)22-10-20(38)9-16-5-3-4-6-21(16)22/h3-6,9-11,16-19,21,32,38H,7-8,12-15H2,1-2H3. The maximum atomic E-state index is 16.7. The minimum absolute atomic E-state index is 0.0527.